The molecule has 2 heterocycles. The van der Waals surface area contributed by atoms with E-state index in [-0.39, 0.29) is 18.0 Å². The maximum Gasteiger partial charge on any atom is 0.260 e. The Morgan fingerprint density at radius 3 is 2.48 bits per heavy atom. The fourth-order valence-corrected chi connectivity index (χ4v) is 4.35. The molecule has 7 heteroatoms. The number of rotatable bonds is 6. The Bertz CT molecular complexity index is 1410. The van der Waals surface area contributed by atoms with Gasteiger partial charge in [0.05, 0.1) is 16.9 Å². The van der Waals surface area contributed by atoms with Gasteiger partial charge in [0, 0.05) is 11.8 Å². The van der Waals surface area contributed by atoms with Gasteiger partial charge in [-0.25, -0.2) is 9.37 Å². The van der Waals surface area contributed by atoms with Crippen LogP contribution >= 0.6 is 11.3 Å². The molecule has 0 aliphatic heterocycles. The lowest BCUT2D eigenvalue weighted by Gasteiger charge is -2.20. The highest BCUT2D eigenvalue weighted by Crippen LogP contribution is 2.32. The fraction of sp³-hybridized carbons (Fsp3) is 0.0385. The normalized spacial score (nSPS) is 10.8. The first-order valence-corrected chi connectivity index (χ1v) is 11.1. The van der Waals surface area contributed by atoms with Gasteiger partial charge < -0.3 is 4.74 Å². The lowest BCUT2D eigenvalue weighted by Crippen LogP contribution is -2.30. The Balaban J connectivity index is 1.51. The summed E-state index contributed by atoms with van der Waals surface area (Å²) in [6, 6.07) is 26.6. The summed E-state index contributed by atoms with van der Waals surface area (Å²) in [7, 11) is 0. The monoisotopic (exact) mass is 455 g/mol. The van der Waals surface area contributed by atoms with E-state index in [1.165, 1.54) is 22.3 Å². The van der Waals surface area contributed by atoms with E-state index in [9.17, 15) is 9.18 Å². The number of fused-ring (bicyclic) bond motifs is 1. The molecule has 0 radical (unpaired) electrons. The van der Waals surface area contributed by atoms with Crippen molar-refractivity contribution in [2.75, 3.05) is 4.90 Å². The number of thiazole rings is 1. The van der Waals surface area contributed by atoms with Gasteiger partial charge in [-0.05, 0) is 54.6 Å². The second-order valence-corrected chi connectivity index (χ2v) is 8.25. The second kappa shape index (κ2) is 9.18. The number of nitrogens with zero attached hydrogens (tertiary/aromatic N) is 3. The molecule has 0 fully saturated rings. The van der Waals surface area contributed by atoms with E-state index in [4.69, 9.17) is 4.74 Å². The van der Waals surface area contributed by atoms with E-state index < -0.39 is 5.82 Å². The Hall–Kier alpha value is -4.10. The lowest BCUT2D eigenvalue weighted by atomic mass is 10.2. The molecule has 0 aliphatic carbocycles. The number of halogens is 1. The molecule has 0 atom stereocenters. The summed E-state index contributed by atoms with van der Waals surface area (Å²) < 4.78 is 20.8. The lowest BCUT2D eigenvalue weighted by molar-refractivity contribution is 0.0984. The third-order valence-electron chi connectivity index (χ3n) is 4.94. The van der Waals surface area contributed by atoms with Crippen molar-refractivity contribution in [3.8, 4) is 11.5 Å². The Morgan fingerprint density at radius 1 is 0.909 bits per heavy atom. The standard InChI is InChI=1S/C26H18FN3O2S/c27-22-13-7-14-23-24(22)29-26(33-23)30(17-19-9-4-5-15-28-19)25(31)18-8-6-12-21(16-18)32-20-10-2-1-3-11-20/h1-16H,17H2. The zero-order valence-electron chi connectivity index (χ0n) is 17.4. The Kier molecular flexibility index (Phi) is 5.78. The van der Waals surface area contributed by atoms with Gasteiger partial charge in [0.15, 0.2) is 5.13 Å². The number of hydrogen-bond donors (Lipinski definition) is 0. The maximum atomic E-state index is 14.3. The minimum atomic E-state index is -0.418. The molecule has 0 unspecified atom stereocenters. The molecule has 0 N–H and O–H groups in total. The van der Waals surface area contributed by atoms with Crippen molar-refractivity contribution in [2.45, 2.75) is 6.54 Å². The number of carbonyl (C=O) groups is 1. The average Bonchev–Trinajstić information content (AvgIpc) is 3.29. The smallest absolute Gasteiger partial charge is 0.260 e. The van der Waals surface area contributed by atoms with Gasteiger partial charge in [0.1, 0.15) is 22.8 Å². The van der Waals surface area contributed by atoms with Crippen molar-refractivity contribution in [3.05, 3.63) is 114 Å². The van der Waals surface area contributed by atoms with Crippen LogP contribution in [0.15, 0.2) is 97.2 Å². The zero-order valence-corrected chi connectivity index (χ0v) is 18.2. The molecule has 5 rings (SSSR count). The van der Waals surface area contributed by atoms with Crippen molar-refractivity contribution < 1.29 is 13.9 Å². The van der Waals surface area contributed by atoms with Gasteiger partial charge in [-0.2, -0.15) is 0 Å². The molecular weight excluding hydrogens is 437 g/mol. The minimum absolute atomic E-state index is 0.199. The van der Waals surface area contributed by atoms with Gasteiger partial charge in [0.25, 0.3) is 5.91 Å². The number of benzene rings is 3. The number of para-hydroxylation sites is 2. The fourth-order valence-electron chi connectivity index (χ4n) is 3.37. The third kappa shape index (κ3) is 4.58. The van der Waals surface area contributed by atoms with E-state index in [1.54, 1.807) is 42.6 Å². The Morgan fingerprint density at radius 2 is 1.70 bits per heavy atom. The molecular formula is C26H18FN3O2S. The van der Waals surface area contributed by atoms with Crippen LogP contribution < -0.4 is 9.64 Å². The van der Waals surface area contributed by atoms with Crippen molar-refractivity contribution in [3.63, 3.8) is 0 Å². The highest BCUT2D eigenvalue weighted by molar-refractivity contribution is 7.22. The highest BCUT2D eigenvalue weighted by atomic mass is 32.1. The molecule has 1 amide bonds. The molecule has 5 aromatic rings. The van der Waals surface area contributed by atoms with E-state index in [2.05, 4.69) is 9.97 Å². The van der Waals surface area contributed by atoms with Crippen LogP contribution in [-0.2, 0) is 6.54 Å². The topological polar surface area (TPSA) is 55.3 Å². The molecule has 0 aliphatic rings. The van der Waals surface area contributed by atoms with E-state index in [0.717, 1.165) is 0 Å². The molecule has 3 aromatic carbocycles. The number of pyridine rings is 1. The summed E-state index contributed by atoms with van der Waals surface area (Å²) in [5.41, 5.74) is 1.37. The number of ether oxygens (including phenoxy) is 1. The quantitative estimate of drug-likeness (QED) is 0.294. The molecule has 0 saturated carbocycles. The summed E-state index contributed by atoms with van der Waals surface area (Å²) in [4.78, 5) is 23.9. The molecule has 2 aromatic heterocycles. The van der Waals surface area contributed by atoms with Crippen molar-refractivity contribution >= 4 is 32.6 Å². The van der Waals surface area contributed by atoms with Crippen LogP contribution in [-0.4, -0.2) is 15.9 Å². The summed E-state index contributed by atoms with van der Waals surface area (Å²) >= 11 is 1.26. The van der Waals surface area contributed by atoms with Crippen molar-refractivity contribution in [2.24, 2.45) is 0 Å². The first-order valence-electron chi connectivity index (χ1n) is 10.3. The summed E-state index contributed by atoms with van der Waals surface area (Å²) in [5.74, 6) is 0.520. The predicted octanol–water partition coefficient (Wildman–Crippen LogP) is 6.47. The van der Waals surface area contributed by atoms with Crippen molar-refractivity contribution in [1.29, 1.82) is 0 Å². The Labute approximate surface area is 193 Å². The van der Waals surface area contributed by atoms with Crippen molar-refractivity contribution in [1.82, 2.24) is 9.97 Å². The van der Waals surface area contributed by atoms with Gasteiger partial charge in [-0.3, -0.25) is 14.7 Å². The SMILES string of the molecule is O=C(c1cccc(Oc2ccccc2)c1)N(Cc1ccccn1)c1nc2c(F)cccc2s1. The molecule has 33 heavy (non-hydrogen) atoms. The first kappa shape index (κ1) is 20.8. The van der Waals surface area contributed by atoms with Gasteiger partial charge >= 0.3 is 0 Å². The van der Waals surface area contributed by atoms with Crippen LogP contribution in [0.1, 0.15) is 16.1 Å². The first-order chi connectivity index (χ1) is 16.2. The number of carbonyl (C=O) groups excluding carboxylic acids is 1. The largest absolute Gasteiger partial charge is 0.457 e. The second-order valence-electron chi connectivity index (χ2n) is 7.24. The molecule has 0 saturated heterocycles. The molecule has 0 bridgehead atoms. The van der Waals surface area contributed by atoms with Crippen LogP contribution in [0.5, 0.6) is 11.5 Å². The third-order valence-corrected chi connectivity index (χ3v) is 5.98. The molecule has 5 nitrogen and oxygen atoms in total. The predicted molar refractivity (Wildman–Crippen MR) is 127 cm³/mol. The van der Waals surface area contributed by atoms with E-state index in [0.29, 0.717) is 32.6 Å². The number of aromatic nitrogens is 2. The average molecular weight is 456 g/mol. The number of hydrogen-bond acceptors (Lipinski definition) is 5. The van der Waals surface area contributed by atoms with Gasteiger partial charge in [0.2, 0.25) is 0 Å². The number of amides is 1. The van der Waals surface area contributed by atoms with Crippen LogP contribution in [0.3, 0.4) is 0 Å². The summed E-state index contributed by atoms with van der Waals surface area (Å²) in [6.07, 6.45) is 1.67. The molecule has 0 spiro atoms. The molecule has 162 valence electrons. The van der Waals surface area contributed by atoms with E-state index in [1.807, 2.05) is 48.5 Å². The van der Waals surface area contributed by atoms with Crippen LogP contribution in [0.2, 0.25) is 0 Å². The summed E-state index contributed by atoms with van der Waals surface area (Å²) in [5, 5.41) is 0.403. The summed E-state index contributed by atoms with van der Waals surface area (Å²) in [6.45, 7) is 0.199. The maximum absolute atomic E-state index is 14.3. The van der Waals surface area contributed by atoms with E-state index >= 15 is 0 Å². The zero-order chi connectivity index (χ0) is 22.6. The van der Waals surface area contributed by atoms with Gasteiger partial charge in [-0.15, -0.1) is 0 Å². The highest BCUT2D eigenvalue weighted by Gasteiger charge is 2.23. The van der Waals surface area contributed by atoms with Crippen LogP contribution in [0.4, 0.5) is 9.52 Å². The number of anilines is 1. The van der Waals surface area contributed by atoms with Crippen LogP contribution in [0.25, 0.3) is 10.2 Å². The van der Waals surface area contributed by atoms with Gasteiger partial charge in [-0.1, -0.05) is 47.7 Å². The minimum Gasteiger partial charge on any atom is -0.457 e. The van der Waals surface area contributed by atoms with Crippen LogP contribution in [0, 0.1) is 5.82 Å².